The van der Waals surface area contributed by atoms with Gasteiger partial charge in [0.25, 0.3) is 0 Å². The highest BCUT2D eigenvalue weighted by atomic mass is 35.5. The molecule has 2 aromatic heterocycles. The number of hydrogen-bond donors (Lipinski definition) is 1. The number of aliphatic carboxylic acids is 1. The van der Waals surface area contributed by atoms with Crippen molar-refractivity contribution in [2.45, 2.75) is 13.3 Å². The average molecular weight is 330 g/mol. The Bertz CT molecular complexity index is 921. The van der Waals surface area contributed by atoms with Crippen molar-refractivity contribution in [1.82, 2.24) is 14.3 Å². The van der Waals surface area contributed by atoms with Gasteiger partial charge < -0.3 is 9.67 Å². The summed E-state index contributed by atoms with van der Waals surface area (Å²) in [5.41, 5.74) is 2.91. The summed E-state index contributed by atoms with van der Waals surface area (Å²) in [6, 6.07) is 7.74. The average Bonchev–Trinajstić information content (AvgIpc) is 2.99. The molecule has 3 rings (SSSR count). The van der Waals surface area contributed by atoms with Crippen LogP contribution in [0.5, 0.6) is 0 Å². The molecule has 0 unspecified atom stereocenters. The number of benzene rings is 1. The Morgan fingerprint density at radius 3 is 2.91 bits per heavy atom. The molecule has 0 saturated heterocycles. The maximum atomic E-state index is 10.7. The van der Waals surface area contributed by atoms with Gasteiger partial charge in [0, 0.05) is 35.3 Å². The number of hydrogen-bond acceptors (Lipinski definition) is 2. The summed E-state index contributed by atoms with van der Waals surface area (Å²) >= 11 is 6.05. The Labute approximate surface area is 138 Å². The summed E-state index contributed by atoms with van der Waals surface area (Å²) in [6.45, 7) is 1.93. The van der Waals surface area contributed by atoms with Crippen LogP contribution in [0.4, 0.5) is 0 Å². The van der Waals surface area contributed by atoms with Crippen molar-refractivity contribution in [3.63, 3.8) is 0 Å². The summed E-state index contributed by atoms with van der Waals surface area (Å²) in [5, 5.41) is 15.0. The molecule has 0 spiro atoms. The molecule has 23 heavy (non-hydrogen) atoms. The van der Waals surface area contributed by atoms with Gasteiger partial charge in [0.1, 0.15) is 5.82 Å². The predicted octanol–water partition coefficient (Wildman–Crippen LogP) is 3.51. The minimum Gasteiger partial charge on any atom is -0.478 e. The van der Waals surface area contributed by atoms with Crippen molar-refractivity contribution < 1.29 is 9.90 Å². The molecule has 3 aromatic rings. The number of allylic oxidation sites excluding steroid dienone is 1. The molecule has 2 heterocycles. The molecular formula is C17H16ClN3O2. The van der Waals surface area contributed by atoms with E-state index >= 15 is 0 Å². The van der Waals surface area contributed by atoms with E-state index in [1.54, 1.807) is 6.08 Å². The number of fused-ring (bicyclic) bond motifs is 1. The molecule has 0 aliphatic carbocycles. The molecular weight excluding hydrogens is 314 g/mol. The molecule has 0 bridgehead atoms. The van der Waals surface area contributed by atoms with Crippen LogP contribution in [0.1, 0.15) is 11.3 Å². The van der Waals surface area contributed by atoms with Gasteiger partial charge in [-0.25, -0.2) is 4.79 Å². The Hall–Kier alpha value is -2.53. The molecule has 1 aromatic carbocycles. The number of carbonyl (C=O) groups is 1. The van der Waals surface area contributed by atoms with Crippen LogP contribution in [-0.2, 0) is 18.3 Å². The Morgan fingerprint density at radius 2 is 2.17 bits per heavy atom. The van der Waals surface area contributed by atoms with Gasteiger partial charge in [-0.3, -0.25) is 4.68 Å². The highest BCUT2D eigenvalue weighted by Gasteiger charge is 2.15. The van der Waals surface area contributed by atoms with Gasteiger partial charge in [0.15, 0.2) is 0 Å². The fourth-order valence-corrected chi connectivity index (χ4v) is 2.99. The molecule has 118 valence electrons. The number of rotatable bonds is 4. The monoisotopic (exact) mass is 329 g/mol. The van der Waals surface area contributed by atoms with E-state index in [9.17, 15) is 4.79 Å². The fraction of sp³-hybridized carbons (Fsp3) is 0.176. The van der Waals surface area contributed by atoms with Crippen LogP contribution < -0.4 is 0 Å². The zero-order valence-corrected chi connectivity index (χ0v) is 13.6. The maximum Gasteiger partial charge on any atom is 0.327 e. The van der Waals surface area contributed by atoms with E-state index < -0.39 is 5.97 Å². The molecule has 0 saturated carbocycles. The van der Waals surface area contributed by atoms with E-state index in [-0.39, 0.29) is 0 Å². The summed E-state index contributed by atoms with van der Waals surface area (Å²) in [5.74, 6) is -0.0241. The summed E-state index contributed by atoms with van der Waals surface area (Å²) in [4.78, 5) is 10.7. The molecule has 0 atom stereocenters. The number of carboxylic acids is 1. The quantitative estimate of drug-likeness (QED) is 0.745. The molecule has 0 aliphatic heterocycles. The molecule has 1 N–H and O–H groups in total. The van der Waals surface area contributed by atoms with Gasteiger partial charge in [-0.05, 0) is 37.6 Å². The van der Waals surface area contributed by atoms with E-state index in [2.05, 4.69) is 9.67 Å². The topological polar surface area (TPSA) is 60.0 Å². The van der Waals surface area contributed by atoms with E-state index in [0.717, 1.165) is 34.1 Å². The van der Waals surface area contributed by atoms with Crippen LogP contribution in [0.15, 0.2) is 42.6 Å². The van der Waals surface area contributed by atoms with Crippen molar-refractivity contribution in [3.05, 3.63) is 58.9 Å². The number of halogens is 1. The fourth-order valence-electron chi connectivity index (χ4n) is 2.81. The molecule has 0 fully saturated rings. The number of aryl methyl sites for hydroxylation is 2. The second-order valence-electron chi connectivity index (χ2n) is 5.34. The number of carboxylic acid groups (broad SMARTS) is 1. The van der Waals surface area contributed by atoms with E-state index in [4.69, 9.17) is 16.7 Å². The van der Waals surface area contributed by atoms with Crippen molar-refractivity contribution in [1.29, 1.82) is 0 Å². The number of nitrogens with zero attached hydrogens (tertiary/aromatic N) is 3. The largest absolute Gasteiger partial charge is 0.478 e. The molecule has 0 aliphatic rings. The highest BCUT2D eigenvalue weighted by molar-refractivity contribution is 6.31. The van der Waals surface area contributed by atoms with E-state index in [0.29, 0.717) is 11.4 Å². The van der Waals surface area contributed by atoms with Gasteiger partial charge >= 0.3 is 5.97 Å². The first-order valence-electron chi connectivity index (χ1n) is 7.16. The third kappa shape index (κ3) is 2.87. The van der Waals surface area contributed by atoms with Crippen molar-refractivity contribution in [3.8, 4) is 5.82 Å². The van der Waals surface area contributed by atoms with Gasteiger partial charge in [0.05, 0.1) is 11.2 Å². The highest BCUT2D eigenvalue weighted by Crippen LogP contribution is 2.26. The molecule has 6 heteroatoms. The van der Waals surface area contributed by atoms with Crippen LogP contribution in [0.25, 0.3) is 16.7 Å². The lowest BCUT2D eigenvalue weighted by molar-refractivity contribution is -0.131. The summed E-state index contributed by atoms with van der Waals surface area (Å²) in [6.07, 6.45) is 5.28. The predicted molar refractivity (Wildman–Crippen MR) is 90.3 cm³/mol. The molecule has 0 radical (unpaired) electrons. The number of aromatic nitrogens is 3. The minimum atomic E-state index is -0.950. The normalized spacial score (nSPS) is 11.6. The van der Waals surface area contributed by atoms with Crippen molar-refractivity contribution >= 4 is 28.5 Å². The Balaban J connectivity index is 2.13. The van der Waals surface area contributed by atoms with Gasteiger partial charge in [-0.2, -0.15) is 5.10 Å². The van der Waals surface area contributed by atoms with Crippen LogP contribution in [0.2, 0.25) is 5.02 Å². The lowest BCUT2D eigenvalue weighted by atomic mass is 10.1. The third-order valence-corrected chi connectivity index (χ3v) is 4.01. The third-order valence-electron chi connectivity index (χ3n) is 3.78. The Kier molecular flexibility index (Phi) is 3.96. The van der Waals surface area contributed by atoms with E-state index in [1.165, 1.54) is 0 Å². The van der Waals surface area contributed by atoms with Gasteiger partial charge in [-0.1, -0.05) is 17.7 Å². The van der Waals surface area contributed by atoms with Crippen LogP contribution in [-0.4, -0.2) is 25.4 Å². The first-order valence-corrected chi connectivity index (χ1v) is 7.54. The van der Waals surface area contributed by atoms with Crippen LogP contribution in [0.3, 0.4) is 0 Å². The van der Waals surface area contributed by atoms with Crippen LogP contribution in [0, 0.1) is 6.92 Å². The molecule has 5 nitrogen and oxygen atoms in total. The first kappa shape index (κ1) is 15.4. The van der Waals surface area contributed by atoms with Crippen LogP contribution >= 0.6 is 11.6 Å². The van der Waals surface area contributed by atoms with Crippen molar-refractivity contribution in [2.24, 2.45) is 7.05 Å². The molecule has 0 amide bonds. The maximum absolute atomic E-state index is 10.7. The smallest absolute Gasteiger partial charge is 0.327 e. The van der Waals surface area contributed by atoms with E-state index in [1.807, 2.05) is 49.1 Å². The minimum absolute atomic E-state index is 0.509. The Morgan fingerprint density at radius 1 is 1.39 bits per heavy atom. The zero-order chi connectivity index (χ0) is 16.6. The first-order chi connectivity index (χ1) is 11.0. The summed E-state index contributed by atoms with van der Waals surface area (Å²) < 4.78 is 3.86. The zero-order valence-electron chi connectivity index (χ0n) is 12.8. The van der Waals surface area contributed by atoms with Crippen molar-refractivity contribution in [2.75, 3.05) is 0 Å². The lowest BCUT2D eigenvalue weighted by Crippen LogP contribution is -2.04. The second-order valence-corrected chi connectivity index (χ2v) is 5.78. The van der Waals surface area contributed by atoms with Gasteiger partial charge in [-0.15, -0.1) is 0 Å². The standard InChI is InChI=1S/C17H16ClN3O2/c1-11-14(4-3-5-16(22)23)17(20(2)19-11)21-9-8-12-10-13(18)6-7-15(12)21/h3,5-10H,4H2,1-2H3,(H,22,23). The van der Waals surface area contributed by atoms with Gasteiger partial charge in [0.2, 0.25) is 0 Å². The SMILES string of the molecule is Cc1nn(C)c(-n2ccc3cc(Cl)ccc32)c1CC=CC(=O)O. The lowest BCUT2D eigenvalue weighted by Gasteiger charge is -2.09. The summed E-state index contributed by atoms with van der Waals surface area (Å²) in [7, 11) is 1.88. The second kappa shape index (κ2) is 5.93.